The molecule has 1 rings (SSSR count). The SMILES string of the molecule is CCOC(=O)Oc1ccc(C[C@H](N)C(=O)OC[C@@H](C)OC(C)=O)cc1OC(=O)OCC.Cl. The number of carbonyl (C=O) groups excluding carboxylic acids is 4. The van der Waals surface area contributed by atoms with Crippen LogP contribution in [0.3, 0.4) is 0 Å². The van der Waals surface area contributed by atoms with E-state index in [9.17, 15) is 19.2 Å². The predicted molar refractivity (Wildman–Crippen MR) is 113 cm³/mol. The van der Waals surface area contributed by atoms with Gasteiger partial charge in [0, 0.05) is 6.92 Å². The Kier molecular flexibility index (Phi) is 13.5. The average Bonchev–Trinajstić information content (AvgIpc) is 2.67. The van der Waals surface area contributed by atoms with Crippen LogP contribution in [0.15, 0.2) is 18.2 Å². The molecule has 0 amide bonds. The molecule has 1 aromatic rings. The molecule has 2 atom stereocenters. The van der Waals surface area contributed by atoms with E-state index in [0.29, 0.717) is 5.56 Å². The molecule has 11 nitrogen and oxygen atoms in total. The summed E-state index contributed by atoms with van der Waals surface area (Å²) >= 11 is 0. The lowest BCUT2D eigenvalue weighted by molar-refractivity contribution is -0.157. The molecule has 32 heavy (non-hydrogen) atoms. The van der Waals surface area contributed by atoms with Crippen LogP contribution >= 0.6 is 12.4 Å². The Labute approximate surface area is 191 Å². The van der Waals surface area contributed by atoms with Gasteiger partial charge in [-0.15, -0.1) is 12.4 Å². The molecule has 12 heteroatoms. The predicted octanol–water partition coefficient (Wildman–Crippen LogP) is 2.54. The second-order valence-electron chi connectivity index (χ2n) is 6.21. The van der Waals surface area contributed by atoms with E-state index < -0.39 is 36.4 Å². The van der Waals surface area contributed by atoms with Crippen molar-refractivity contribution < 1.29 is 47.6 Å². The highest BCUT2D eigenvalue weighted by atomic mass is 35.5. The number of halogens is 1. The van der Waals surface area contributed by atoms with Crippen LogP contribution in [0.5, 0.6) is 11.5 Å². The van der Waals surface area contributed by atoms with Crippen LogP contribution in [0.2, 0.25) is 0 Å². The Hall–Kier alpha value is -3.05. The number of esters is 2. The number of hydrogen-bond donors (Lipinski definition) is 1. The summed E-state index contributed by atoms with van der Waals surface area (Å²) in [5.41, 5.74) is 6.37. The van der Waals surface area contributed by atoms with Gasteiger partial charge in [-0.1, -0.05) is 6.07 Å². The zero-order valence-electron chi connectivity index (χ0n) is 18.3. The van der Waals surface area contributed by atoms with Crippen molar-refractivity contribution in [3.63, 3.8) is 0 Å². The Morgan fingerprint density at radius 3 is 2.03 bits per heavy atom. The Bertz CT molecular complexity index is 786. The molecule has 0 aliphatic heterocycles. The zero-order valence-corrected chi connectivity index (χ0v) is 19.1. The molecule has 0 aliphatic carbocycles. The molecule has 0 saturated carbocycles. The highest BCUT2D eigenvalue weighted by molar-refractivity contribution is 5.85. The van der Waals surface area contributed by atoms with Gasteiger partial charge in [0.15, 0.2) is 11.5 Å². The van der Waals surface area contributed by atoms with Gasteiger partial charge in [-0.3, -0.25) is 9.59 Å². The van der Waals surface area contributed by atoms with Crippen LogP contribution in [-0.2, 0) is 35.0 Å². The first-order valence-corrected chi connectivity index (χ1v) is 9.57. The fourth-order valence-corrected chi connectivity index (χ4v) is 2.28. The molecule has 0 unspecified atom stereocenters. The molecule has 0 bridgehead atoms. The molecule has 0 aliphatic rings. The van der Waals surface area contributed by atoms with Gasteiger partial charge in [0.1, 0.15) is 18.8 Å². The van der Waals surface area contributed by atoms with E-state index in [2.05, 4.69) is 0 Å². The smallest absolute Gasteiger partial charge is 0.461 e. The number of carbonyl (C=O) groups is 4. The molecule has 2 N–H and O–H groups in total. The van der Waals surface area contributed by atoms with Gasteiger partial charge in [-0.05, 0) is 44.9 Å². The lowest BCUT2D eigenvalue weighted by atomic mass is 10.1. The van der Waals surface area contributed by atoms with E-state index >= 15 is 0 Å². The molecule has 0 spiro atoms. The lowest BCUT2D eigenvalue weighted by Gasteiger charge is -2.16. The van der Waals surface area contributed by atoms with Crippen LogP contribution in [0.1, 0.15) is 33.3 Å². The van der Waals surface area contributed by atoms with Crippen LogP contribution in [-0.4, -0.2) is 56.2 Å². The van der Waals surface area contributed by atoms with Crippen molar-refractivity contribution in [3.05, 3.63) is 23.8 Å². The fourth-order valence-electron chi connectivity index (χ4n) is 2.28. The average molecular weight is 478 g/mol. The van der Waals surface area contributed by atoms with Gasteiger partial charge in [0.2, 0.25) is 0 Å². The molecular weight excluding hydrogens is 450 g/mol. The van der Waals surface area contributed by atoms with E-state index in [1.54, 1.807) is 20.8 Å². The van der Waals surface area contributed by atoms with E-state index in [1.165, 1.54) is 25.1 Å². The van der Waals surface area contributed by atoms with Gasteiger partial charge in [0.25, 0.3) is 0 Å². The Morgan fingerprint density at radius 2 is 1.50 bits per heavy atom. The fraction of sp³-hybridized carbons (Fsp3) is 0.500. The van der Waals surface area contributed by atoms with Crippen molar-refractivity contribution in [3.8, 4) is 11.5 Å². The Balaban J connectivity index is 0.00000961. The molecule has 0 aromatic heterocycles. The number of hydrogen-bond acceptors (Lipinski definition) is 11. The van der Waals surface area contributed by atoms with Gasteiger partial charge >= 0.3 is 24.2 Å². The summed E-state index contributed by atoms with van der Waals surface area (Å²) in [5, 5.41) is 0. The monoisotopic (exact) mass is 477 g/mol. The van der Waals surface area contributed by atoms with E-state index in [1.807, 2.05) is 0 Å². The van der Waals surface area contributed by atoms with Crippen molar-refractivity contribution in [2.24, 2.45) is 5.73 Å². The van der Waals surface area contributed by atoms with Gasteiger partial charge in [0.05, 0.1) is 13.2 Å². The van der Waals surface area contributed by atoms with Crippen LogP contribution < -0.4 is 15.2 Å². The summed E-state index contributed by atoms with van der Waals surface area (Å²) in [4.78, 5) is 46.3. The summed E-state index contributed by atoms with van der Waals surface area (Å²) in [6.07, 6.45) is -2.57. The topological polar surface area (TPSA) is 150 Å². The molecule has 0 saturated heterocycles. The maximum absolute atomic E-state index is 12.1. The normalized spacial score (nSPS) is 11.8. The molecular formula is C20H28ClNO10. The third-order valence-corrected chi connectivity index (χ3v) is 3.50. The third-order valence-electron chi connectivity index (χ3n) is 3.50. The van der Waals surface area contributed by atoms with Crippen LogP contribution in [0, 0.1) is 0 Å². The van der Waals surface area contributed by atoms with Gasteiger partial charge in [-0.25, -0.2) is 9.59 Å². The minimum absolute atomic E-state index is 0. The van der Waals surface area contributed by atoms with Crippen LogP contribution in [0.25, 0.3) is 0 Å². The largest absolute Gasteiger partial charge is 0.513 e. The quantitative estimate of drug-likeness (QED) is 0.300. The maximum Gasteiger partial charge on any atom is 0.513 e. The summed E-state index contributed by atoms with van der Waals surface area (Å²) in [5.74, 6) is -1.40. The van der Waals surface area contributed by atoms with Crippen LogP contribution in [0.4, 0.5) is 9.59 Å². The highest BCUT2D eigenvalue weighted by Crippen LogP contribution is 2.30. The first-order chi connectivity index (χ1) is 14.7. The maximum atomic E-state index is 12.1. The summed E-state index contributed by atoms with van der Waals surface area (Å²) in [7, 11) is 0. The minimum atomic E-state index is -1.04. The second-order valence-corrected chi connectivity index (χ2v) is 6.21. The molecule has 1 aromatic carbocycles. The number of ether oxygens (including phenoxy) is 6. The third kappa shape index (κ3) is 10.8. The first kappa shape index (κ1) is 28.9. The zero-order chi connectivity index (χ0) is 23.4. The van der Waals surface area contributed by atoms with Gasteiger partial charge < -0.3 is 34.2 Å². The van der Waals surface area contributed by atoms with Gasteiger partial charge in [-0.2, -0.15) is 0 Å². The summed E-state index contributed by atoms with van der Waals surface area (Å²) in [6.45, 7) is 6.05. The van der Waals surface area contributed by atoms with E-state index in [0.717, 1.165) is 0 Å². The second kappa shape index (κ2) is 14.9. The highest BCUT2D eigenvalue weighted by Gasteiger charge is 2.21. The van der Waals surface area contributed by atoms with Crippen molar-refractivity contribution in [2.45, 2.75) is 46.3 Å². The molecule has 180 valence electrons. The standard InChI is InChI=1S/C20H27NO10.ClH/c1-5-26-19(24)30-16-8-7-14(10-17(16)31-20(25)27-6-2)9-15(21)18(23)28-11-12(3)29-13(4)22;/h7-8,10,12,15H,5-6,9,11,21H2,1-4H3;1H/t12-,15+;/m1./s1. The van der Waals surface area contributed by atoms with Crippen molar-refractivity contribution in [1.82, 2.24) is 0 Å². The van der Waals surface area contributed by atoms with Crippen molar-refractivity contribution in [1.29, 1.82) is 0 Å². The number of nitrogens with two attached hydrogens (primary N) is 1. The molecule has 0 heterocycles. The van der Waals surface area contributed by atoms with E-state index in [4.69, 9.17) is 34.2 Å². The number of rotatable bonds is 10. The number of benzene rings is 1. The lowest BCUT2D eigenvalue weighted by Crippen LogP contribution is -2.36. The minimum Gasteiger partial charge on any atom is -0.461 e. The summed E-state index contributed by atoms with van der Waals surface area (Å²) < 4.78 is 29.4. The Morgan fingerprint density at radius 1 is 0.938 bits per heavy atom. The van der Waals surface area contributed by atoms with Crippen molar-refractivity contribution >= 4 is 36.7 Å². The van der Waals surface area contributed by atoms with Crippen molar-refractivity contribution in [2.75, 3.05) is 19.8 Å². The molecule has 0 radical (unpaired) electrons. The first-order valence-electron chi connectivity index (χ1n) is 9.57. The summed E-state index contributed by atoms with van der Waals surface area (Å²) in [6, 6.07) is 3.22. The van der Waals surface area contributed by atoms with E-state index in [-0.39, 0.29) is 50.1 Å². The molecule has 0 fully saturated rings.